The van der Waals surface area contributed by atoms with E-state index in [-0.39, 0.29) is 40.3 Å². The first-order valence-electron chi connectivity index (χ1n) is 10.9. The lowest BCUT2D eigenvalue weighted by molar-refractivity contribution is -0.384. The Morgan fingerprint density at radius 1 is 1.16 bits per heavy atom. The number of ether oxygens (including phenoxy) is 3. The van der Waals surface area contributed by atoms with E-state index in [2.05, 4.69) is 20.9 Å². The van der Waals surface area contributed by atoms with E-state index >= 15 is 0 Å². The molecule has 0 radical (unpaired) electrons. The van der Waals surface area contributed by atoms with Crippen LogP contribution in [-0.2, 0) is 9.53 Å². The number of carbonyl (C=O) groups excluding carboxylic acids is 2. The first-order valence-corrected chi connectivity index (χ1v) is 12.1. The highest BCUT2D eigenvalue weighted by Crippen LogP contribution is 2.38. The van der Waals surface area contributed by atoms with E-state index in [1.807, 2.05) is 6.07 Å². The lowest BCUT2D eigenvalue weighted by Gasteiger charge is -2.14. The van der Waals surface area contributed by atoms with E-state index in [0.717, 1.165) is 0 Å². The number of Topliss-reactive ketones (excluding diaryl/α,β-unsaturated/α-hetero) is 1. The molecule has 0 N–H and O–H groups in total. The third-order valence-corrected chi connectivity index (χ3v) is 6.01. The molecule has 0 spiro atoms. The number of nitro groups is 1. The van der Waals surface area contributed by atoms with Crippen molar-refractivity contribution in [1.82, 2.24) is 0 Å². The van der Waals surface area contributed by atoms with Gasteiger partial charge in [-0.3, -0.25) is 14.9 Å². The van der Waals surface area contributed by atoms with Crippen LogP contribution in [0.15, 0.2) is 75.8 Å². The number of aliphatic imine (C=N–C) groups is 1. The zero-order valence-corrected chi connectivity index (χ0v) is 21.6. The van der Waals surface area contributed by atoms with Gasteiger partial charge >= 0.3 is 5.97 Å². The number of hydrogen-bond acceptors (Lipinski definition) is 8. The smallest absolute Gasteiger partial charge is 0.363 e. The largest absolute Gasteiger partial charge is 0.490 e. The number of ketones is 1. The number of nitro benzene ring substituents is 1. The number of hydrogen-bond donors (Lipinski definition) is 0. The number of halogens is 2. The van der Waals surface area contributed by atoms with E-state index in [1.54, 1.807) is 43.3 Å². The van der Waals surface area contributed by atoms with Crippen LogP contribution in [0.4, 0.5) is 5.69 Å². The Kier molecular flexibility index (Phi) is 8.00. The Bertz CT molecular complexity index is 1450. The van der Waals surface area contributed by atoms with Gasteiger partial charge in [-0.05, 0) is 52.7 Å². The van der Waals surface area contributed by atoms with Crippen LogP contribution in [0.5, 0.6) is 11.5 Å². The molecule has 3 aromatic rings. The van der Waals surface area contributed by atoms with Gasteiger partial charge in [-0.25, -0.2) is 9.79 Å². The van der Waals surface area contributed by atoms with Crippen LogP contribution in [-0.4, -0.2) is 35.8 Å². The second-order valence-corrected chi connectivity index (χ2v) is 8.86. The Morgan fingerprint density at radius 2 is 1.92 bits per heavy atom. The highest BCUT2D eigenvalue weighted by atomic mass is 79.9. The normalized spacial score (nSPS) is 13.8. The molecule has 3 aromatic carbocycles. The predicted octanol–water partition coefficient (Wildman–Crippen LogP) is 6.02. The van der Waals surface area contributed by atoms with Gasteiger partial charge in [-0.15, -0.1) is 0 Å². The van der Waals surface area contributed by atoms with Crippen molar-refractivity contribution < 1.29 is 28.7 Å². The minimum atomic E-state index is -0.750. The van der Waals surface area contributed by atoms with Crippen LogP contribution in [0.25, 0.3) is 6.08 Å². The molecular formula is C26H18BrClN2O7. The lowest BCUT2D eigenvalue weighted by Crippen LogP contribution is -2.12. The van der Waals surface area contributed by atoms with Gasteiger partial charge in [0.2, 0.25) is 5.90 Å². The molecule has 0 amide bonds. The third-order valence-electron chi connectivity index (χ3n) is 5.09. The Balaban J connectivity index is 1.62. The molecule has 0 aliphatic carbocycles. The third kappa shape index (κ3) is 6.04. The van der Waals surface area contributed by atoms with Crippen molar-refractivity contribution in [1.29, 1.82) is 0 Å². The summed E-state index contributed by atoms with van der Waals surface area (Å²) in [5.74, 6) is -0.415. The molecule has 1 aliphatic rings. The van der Waals surface area contributed by atoms with E-state index in [9.17, 15) is 19.7 Å². The summed E-state index contributed by atoms with van der Waals surface area (Å²) in [6, 6.07) is 15.8. The summed E-state index contributed by atoms with van der Waals surface area (Å²) in [6.45, 7) is 1.92. The summed E-state index contributed by atoms with van der Waals surface area (Å²) in [5, 5.41) is 11.3. The number of nitrogens with zero attached hydrogens (tertiary/aromatic N) is 2. The fraction of sp³-hybridized carbons (Fsp3) is 0.115. The Morgan fingerprint density at radius 3 is 2.62 bits per heavy atom. The molecule has 0 aromatic heterocycles. The number of rotatable bonds is 9. The van der Waals surface area contributed by atoms with Gasteiger partial charge in [0, 0.05) is 17.7 Å². The van der Waals surface area contributed by atoms with Crippen LogP contribution >= 0.6 is 27.5 Å². The summed E-state index contributed by atoms with van der Waals surface area (Å²) in [4.78, 5) is 39.6. The van der Waals surface area contributed by atoms with Gasteiger partial charge in [0.25, 0.3) is 5.69 Å². The molecule has 1 aliphatic heterocycles. The van der Waals surface area contributed by atoms with Crippen LogP contribution in [0.2, 0.25) is 5.02 Å². The molecule has 9 nitrogen and oxygen atoms in total. The van der Waals surface area contributed by atoms with Gasteiger partial charge in [0.05, 0.1) is 26.6 Å². The van der Waals surface area contributed by atoms with Gasteiger partial charge in [0.15, 0.2) is 29.6 Å². The first-order chi connectivity index (χ1) is 17.8. The van der Waals surface area contributed by atoms with Crippen LogP contribution < -0.4 is 9.47 Å². The first kappa shape index (κ1) is 26.1. The van der Waals surface area contributed by atoms with E-state index in [1.165, 1.54) is 24.3 Å². The summed E-state index contributed by atoms with van der Waals surface area (Å²) in [6.07, 6.45) is 1.47. The molecular weight excluding hydrogens is 568 g/mol. The monoisotopic (exact) mass is 584 g/mol. The predicted molar refractivity (Wildman–Crippen MR) is 140 cm³/mol. The Hall–Kier alpha value is -4.02. The Labute approximate surface area is 224 Å². The van der Waals surface area contributed by atoms with Crippen LogP contribution in [0, 0.1) is 10.1 Å². The summed E-state index contributed by atoms with van der Waals surface area (Å²) in [7, 11) is 0. The van der Waals surface area contributed by atoms with Crippen molar-refractivity contribution in [2.24, 2.45) is 4.99 Å². The van der Waals surface area contributed by atoms with Crippen molar-refractivity contribution >= 4 is 56.9 Å². The topological polar surface area (TPSA) is 117 Å². The SMILES string of the molecule is CCOc1cc(/C=C2\N=C(c3cc([N+](=O)[O-])ccc3Cl)OC2=O)cc(Br)c1OCC(=O)c1ccccc1. The van der Waals surface area contributed by atoms with E-state index < -0.39 is 10.9 Å². The van der Waals surface area contributed by atoms with Gasteiger partial charge < -0.3 is 14.2 Å². The van der Waals surface area contributed by atoms with Gasteiger partial charge in [0.1, 0.15) is 0 Å². The number of non-ortho nitro benzene ring substituents is 1. The summed E-state index contributed by atoms with van der Waals surface area (Å²) >= 11 is 9.59. The van der Waals surface area contributed by atoms with Crippen molar-refractivity contribution in [2.75, 3.05) is 13.2 Å². The van der Waals surface area contributed by atoms with Gasteiger partial charge in [-0.1, -0.05) is 41.9 Å². The second kappa shape index (κ2) is 11.4. The standard InChI is InChI=1S/C26H18BrClN2O7/c1-2-35-23-12-15(10-19(27)24(23)36-14-22(31)16-6-4-3-5-7-16)11-21-26(32)37-25(29-21)18-13-17(30(33)34)8-9-20(18)28/h3-13H,2,14H2,1H3/b21-11-. The molecule has 0 unspecified atom stereocenters. The van der Waals surface area contributed by atoms with Crippen LogP contribution in [0.1, 0.15) is 28.4 Å². The summed E-state index contributed by atoms with van der Waals surface area (Å²) in [5.41, 5.74) is 0.909. The minimum absolute atomic E-state index is 0.0418. The highest BCUT2D eigenvalue weighted by Gasteiger charge is 2.27. The molecule has 1 heterocycles. The maximum atomic E-state index is 12.5. The van der Waals surface area contributed by atoms with Crippen molar-refractivity contribution in [3.05, 3.63) is 103 Å². The van der Waals surface area contributed by atoms with Gasteiger partial charge in [-0.2, -0.15) is 0 Å². The molecule has 0 saturated heterocycles. The molecule has 11 heteroatoms. The fourth-order valence-corrected chi connectivity index (χ4v) is 4.16. The van der Waals surface area contributed by atoms with Crippen molar-refractivity contribution in [3.8, 4) is 11.5 Å². The molecule has 0 fully saturated rings. The van der Waals surface area contributed by atoms with Crippen LogP contribution in [0.3, 0.4) is 0 Å². The van der Waals surface area contributed by atoms with Crippen molar-refractivity contribution in [2.45, 2.75) is 6.92 Å². The lowest BCUT2D eigenvalue weighted by atomic mass is 10.1. The summed E-state index contributed by atoms with van der Waals surface area (Å²) < 4.78 is 17.2. The van der Waals surface area contributed by atoms with E-state index in [4.69, 9.17) is 25.8 Å². The van der Waals surface area contributed by atoms with E-state index in [0.29, 0.717) is 33.7 Å². The average molecular weight is 586 g/mol. The maximum absolute atomic E-state index is 12.5. The molecule has 0 atom stereocenters. The second-order valence-electron chi connectivity index (χ2n) is 7.60. The number of esters is 1. The average Bonchev–Trinajstić information content (AvgIpc) is 3.23. The minimum Gasteiger partial charge on any atom is -0.490 e. The molecule has 4 rings (SSSR count). The zero-order valence-electron chi connectivity index (χ0n) is 19.3. The molecule has 0 saturated carbocycles. The fourth-order valence-electron chi connectivity index (χ4n) is 3.39. The molecule has 0 bridgehead atoms. The molecule has 37 heavy (non-hydrogen) atoms. The zero-order chi connectivity index (χ0) is 26.5. The number of cyclic esters (lactones) is 1. The number of benzene rings is 3. The van der Waals surface area contributed by atoms with Crippen molar-refractivity contribution in [3.63, 3.8) is 0 Å². The quantitative estimate of drug-likeness (QED) is 0.0991. The number of carbonyl (C=O) groups is 2. The molecule has 188 valence electrons. The maximum Gasteiger partial charge on any atom is 0.363 e. The highest BCUT2D eigenvalue weighted by molar-refractivity contribution is 9.10.